The lowest BCUT2D eigenvalue weighted by Crippen LogP contribution is -2.57. The maximum absolute atomic E-state index is 12.8. The van der Waals surface area contributed by atoms with Crippen molar-refractivity contribution in [1.29, 1.82) is 0 Å². The first-order valence-corrected chi connectivity index (χ1v) is 12.2. The molecule has 0 heterocycles. The molecule has 8 nitrogen and oxygen atoms in total. The molecule has 2 rings (SSSR count). The Bertz CT molecular complexity index is 908. The summed E-state index contributed by atoms with van der Waals surface area (Å²) in [5.41, 5.74) is 16.9. The van der Waals surface area contributed by atoms with Crippen molar-refractivity contribution in [3.63, 3.8) is 0 Å². The highest BCUT2D eigenvalue weighted by Gasteiger charge is 2.28. The Labute approximate surface area is 209 Å². The Kier molecular flexibility index (Phi) is 11.3. The van der Waals surface area contributed by atoms with E-state index in [0.29, 0.717) is 13.0 Å². The van der Waals surface area contributed by atoms with Crippen LogP contribution in [0.2, 0.25) is 0 Å². The van der Waals surface area contributed by atoms with Crippen LogP contribution < -0.4 is 22.2 Å². The van der Waals surface area contributed by atoms with Gasteiger partial charge >= 0.3 is 0 Å². The number of hydrogen-bond acceptors (Lipinski definition) is 6. The topological polar surface area (TPSA) is 134 Å². The van der Waals surface area contributed by atoms with Crippen LogP contribution in [0.3, 0.4) is 0 Å². The van der Waals surface area contributed by atoms with Crippen LogP contribution in [0.25, 0.3) is 0 Å². The Hall–Kier alpha value is -2.78. The van der Waals surface area contributed by atoms with Crippen LogP contribution in [0.1, 0.15) is 38.8 Å². The number of hydrogen-bond donors (Lipinski definition) is 5. The van der Waals surface area contributed by atoms with Gasteiger partial charge in [0.2, 0.25) is 5.91 Å². The number of rotatable bonds is 13. The summed E-state index contributed by atoms with van der Waals surface area (Å²) in [7, 11) is 0. The summed E-state index contributed by atoms with van der Waals surface area (Å²) in [6, 6.07) is 17.3. The number of aliphatic hydroxyl groups is 1. The molecule has 0 fully saturated rings. The number of aliphatic hydroxyl groups excluding tert-OH is 1. The molecular formula is C27H41N5O3. The van der Waals surface area contributed by atoms with Crippen LogP contribution >= 0.6 is 0 Å². The number of carbonyl (C=O) groups is 2. The third-order valence-corrected chi connectivity index (χ3v) is 6.02. The molecular weight excluding hydrogens is 442 g/mol. The van der Waals surface area contributed by atoms with Gasteiger partial charge in [0, 0.05) is 13.1 Å². The van der Waals surface area contributed by atoms with Gasteiger partial charge in [-0.05, 0) is 29.4 Å². The van der Waals surface area contributed by atoms with Gasteiger partial charge in [0.25, 0.3) is 5.91 Å². The molecule has 0 aliphatic carbocycles. The molecule has 192 valence electrons. The van der Waals surface area contributed by atoms with Crippen LogP contribution in [0.15, 0.2) is 60.7 Å². The summed E-state index contributed by atoms with van der Waals surface area (Å²) in [5, 5.41) is 15.9. The number of amides is 2. The van der Waals surface area contributed by atoms with Crippen molar-refractivity contribution in [3.05, 3.63) is 71.8 Å². The molecule has 0 aliphatic heterocycles. The zero-order valence-electron chi connectivity index (χ0n) is 21.2. The fourth-order valence-corrected chi connectivity index (χ4v) is 3.57. The number of hydrazine groups is 1. The maximum Gasteiger partial charge on any atom is 0.251 e. The van der Waals surface area contributed by atoms with Crippen LogP contribution in [0, 0.1) is 11.8 Å². The summed E-state index contributed by atoms with van der Waals surface area (Å²) in [5.74, 6) is -0.730. The summed E-state index contributed by atoms with van der Waals surface area (Å²) in [4.78, 5) is 25.5. The van der Waals surface area contributed by atoms with Crippen molar-refractivity contribution in [2.45, 2.75) is 64.9 Å². The maximum atomic E-state index is 12.8. The van der Waals surface area contributed by atoms with Gasteiger partial charge in [-0.3, -0.25) is 15.0 Å². The van der Waals surface area contributed by atoms with Gasteiger partial charge in [0.05, 0.1) is 24.2 Å². The first-order valence-electron chi connectivity index (χ1n) is 12.2. The standard InChI is InChI=1S/C27H41N5O3/c1-18(2)24(28)26(34)30-22(15-20-11-7-5-8-12-20)23(33)17-32(16-21-13-9-6-10-14-21)31-27(35)25(29)19(3)4/h5-14,18-19,22-25,33H,15-17,28-29H2,1-4H3,(H,30,34)(H,31,35)/t22-,23-,24-,25+/m0/s1. The molecule has 0 spiro atoms. The summed E-state index contributed by atoms with van der Waals surface area (Å²) in [6.07, 6.45) is -0.574. The van der Waals surface area contributed by atoms with Gasteiger partial charge in [-0.1, -0.05) is 88.4 Å². The second kappa shape index (κ2) is 13.9. The van der Waals surface area contributed by atoms with Crippen LogP contribution in [0.5, 0.6) is 0 Å². The zero-order valence-corrected chi connectivity index (χ0v) is 21.2. The average Bonchev–Trinajstić information content (AvgIpc) is 2.83. The van der Waals surface area contributed by atoms with E-state index in [4.69, 9.17) is 11.5 Å². The van der Waals surface area contributed by atoms with E-state index in [1.54, 1.807) is 5.01 Å². The van der Waals surface area contributed by atoms with Crippen molar-refractivity contribution in [2.24, 2.45) is 23.3 Å². The number of benzene rings is 2. The fraction of sp³-hybridized carbons (Fsp3) is 0.481. The van der Waals surface area contributed by atoms with E-state index in [1.807, 2.05) is 88.4 Å². The van der Waals surface area contributed by atoms with E-state index in [0.717, 1.165) is 11.1 Å². The van der Waals surface area contributed by atoms with Crippen LogP contribution in [-0.4, -0.2) is 52.7 Å². The lowest BCUT2D eigenvalue weighted by atomic mass is 9.98. The molecule has 2 aromatic carbocycles. The minimum Gasteiger partial charge on any atom is -0.390 e. The molecule has 0 aliphatic rings. The van der Waals surface area contributed by atoms with Gasteiger partial charge < -0.3 is 21.9 Å². The minimum atomic E-state index is -0.988. The van der Waals surface area contributed by atoms with Crippen molar-refractivity contribution >= 4 is 11.8 Å². The summed E-state index contributed by atoms with van der Waals surface area (Å²) < 4.78 is 0. The Morgan fingerprint density at radius 1 is 0.829 bits per heavy atom. The van der Waals surface area contributed by atoms with Gasteiger partial charge in [-0.15, -0.1) is 0 Å². The van der Waals surface area contributed by atoms with Crippen molar-refractivity contribution in [1.82, 2.24) is 15.8 Å². The molecule has 4 atom stereocenters. The van der Waals surface area contributed by atoms with Gasteiger partial charge in [-0.25, -0.2) is 5.01 Å². The molecule has 0 unspecified atom stereocenters. The Morgan fingerprint density at radius 2 is 1.31 bits per heavy atom. The van der Waals surface area contributed by atoms with E-state index in [9.17, 15) is 14.7 Å². The van der Waals surface area contributed by atoms with Crippen LogP contribution in [0.4, 0.5) is 0 Å². The first-order chi connectivity index (χ1) is 16.6. The van der Waals surface area contributed by atoms with Crippen LogP contribution in [-0.2, 0) is 22.6 Å². The second-order valence-corrected chi connectivity index (χ2v) is 9.75. The Morgan fingerprint density at radius 3 is 1.83 bits per heavy atom. The number of nitrogens with zero attached hydrogens (tertiary/aromatic N) is 1. The molecule has 2 amide bonds. The largest absolute Gasteiger partial charge is 0.390 e. The predicted molar refractivity (Wildman–Crippen MR) is 139 cm³/mol. The number of carbonyl (C=O) groups excluding carboxylic acids is 2. The third-order valence-electron chi connectivity index (χ3n) is 6.02. The lowest BCUT2D eigenvalue weighted by molar-refractivity contribution is -0.130. The monoisotopic (exact) mass is 483 g/mol. The number of nitrogens with two attached hydrogens (primary N) is 2. The minimum absolute atomic E-state index is 0.0406. The molecule has 7 N–H and O–H groups in total. The molecule has 8 heteroatoms. The SMILES string of the molecule is CC(C)[C@H](N)C(=O)N[C@@H](Cc1ccccc1)[C@@H](O)CN(Cc1ccccc1)NC(=O)[C@H](N)C(C)C. The summed E-state index contributed by atoms with van der Waals surface area (Å²) in [6.45, 7) is 7.96. The summed E-state index contributed by atoms with van der Waals surface area (Å²) >= 11 is 0. The van der Waals surface area contributed by atoms with Gasteiger partial charge in [0.15, 0.2) is 0 Å². The lowest BCUT2D eigenvalue weighted by Gasteiger charge is -2.32. The quantitative estimate of drug-likeness (QED) is 0.275. The fourth-order valence-electron chi connectivity index (χ4n) is 3.57. The number of nitrogens with one attached hydrogen (secondary N) is 2. The molecule has 0 saturated carbocycles. The molecule has 35 heavy (non-hydrogen) atoms. The molecule has 0 radical (unpaired) electrons. The van der Waals surface area contributed by atoms with E-state index >= 15 is 0 Å². The van der Waals surface area contributed by atoms with E-state index in [1.165, 1.54) is 0 Å². The Balaban J connectivity index is 2.23. The first kappa shape index (κ1) is 28.5. The molecule has 0 saturated heterocycles. The zero-order chi connectivity index (χ0) is 26.0. The van der Waals surface area contributed by atoms with Gasteiger partial charge in [0.1, 0.15) is 0 Å². The smallest absolute Gasteiger partial charge is 0.251 e. The van der Waals surface area contributed by atoms with E-state index < -0.39 is 24.2 Å². The molecule has 0 aromatic heterocycles. The van der Waals surface area contributed by atoms with Crippen molar-refractivity contribution in [3.8, 4) is 0 Å². The van der Waals surface area contributed by atoms with Crippen molar-refractivity contribution in [2.75, 3.05) is 6.54 Å². The normalized spacial score (nSPS) is 15.0. The van der Waals surface area contributed by atoms with Gasteiger partial charge in [-0.2, -0.15) is 0 Å². The highest BCUT2D eigenvalue weighted by Crippen LogP contribution is 2.11. The van der Waals surface area contributed by atoms with E-state index in [-0.39, 0.29) is 30.2 Å². The highest BCUT2D eigenvalue weighted by atomic mass is 16.3. The molecule has 0 bridgehead atoms. The van der Waals surface area contributed by atoms with E-state index in [2.05, 4.69) is 10.7 Å². The second-order valence-electron chi connectivity index (χ2n) is 9.75. The third kappa shape index (κ3) is 9.41. The molecule has 2 aromatic rings. The highest BCUT2D eigenvalue weighted by molar-refractivity contribution is 5.82. The van der Waals surface area contributed by atoms with Crippen molar-refractivity contribution < 1.29 is 14.7 Å². The predicted octanol–water partition coefficient (Wildman–Crippen LogP) is 1.57. The average molecular weight is 484 g/mol.